The Kier molecular flexibility index (Phi) is 6.22. The first-order valence-corrected chi connectivity index (χ1v) is 6.30. The maximum atomic E-state index is 5.65. The molecule has 3 heteroatoms. The van der Waals surface area contributed by atoms with Gasteiger partial charge in [0.25, 0.3) is 0 Å². The molecule has 1 heterocycles. The molecule has 0 radical (unpaired) electrons. The van der Waals surface area contributed by atoms with Crippen molar-refractivity contribution in [2.45, 2.75) is 45.8 Å². The molecule has 0 spiro atoms. The normalized spacial score (nSPS) is 26.2. The number of nitrogens with zero attached hydrogens (tertiary/aromatic N) is 1. The van der Waals surface area contributed by atoms with Crippen LogP contribution in [-0.2, 0) is 4.74 Å². The molecule has 0 saturated carbocycles. The van der Waals surface area contributed by atoms with Gasteiger partial charge in [-0.05, 0) is 33.2 Å². The molecule has 1 aliphatic heterocycles. The van der Waals surface area contributed by atoms with E-state index in [0.29, 0.717) is 12.1 Å². The molecule has 3 nitrogen and oxygen atoms in total. The van der Waals surface area contributed by atoms with Gasteiger partial charge in [0, 0.05) is 32.3 Å². The van der Waals surface area contributed by atoms with Gasteiger partial charge in [0.1, 0.15) is 0 Å². The van der Waals surface area contributed by atoms with Gasteiger partial charge in [-0.2, -0.15) is 0 Å². The summed E-state index contributed by atoms with van der Waals surface area (Å²) in [4.78, 5) is 2.54. The minimum absolute atomic E-state index is 0.390. The van der Waals surface area contributed by atoms with Gasteiger partial charge < -0.3 is 10.1 Å². The summed E-state index contributed by atoms with van der Waals surface area (Å²) in [6.45, 7) is 12.1. The minimum Gasteiger partial charge on any atom is -0.377 e. The maximum absolute atomic E-state index is 5.65. The lowest BCUT2D eigenvalue weighted by Crippen LogP contribution is -2.43. The van der Waals surface area contributed by atoms with E-state index in [1.54, 1.807) is 0 Å². The second-order valence-electron chi connectivity index (χ2n) is 4.58. The summed E-state index contributed by atoms with van der Waals surface area (Å²) in [5.74, 6) is 0. The number of rotatable bonds is 5. The summed E-state index contributed by atoms with van der Waals surface area (Å²) in [6, 6.07) is 0.626. The molecule has 1 fully saturated rings. The highest BCUT2D eigenvalue weighted by Gasteiger charge is 2.19. The lowest BCUT2D eigenvalue weighted by Gasteiger charge is -2.28. The standard InChI is InChI=1S/C12H26N2O/c1-4-6-13-9-11(2)14-7-5-8-15-12(3)10-14/h11-13H,4-10H2,1-3H3. The summed E-state index contributed by atoms with van der Waals surface area (Å²) < 4.78 is 5.65. The van der Waals surface area contributed by atoms with Crippen molar-refractivity contribution in [2.75, 3.05) is 32.8 Å². The lowest BCUT2D eigenvalue weighted by atomic mass is 10.2. The van der Waals surface area contributed by atoms with E-state index >= 15 is 0 Å². The summed E-state index contributed by atoms with van der Waals surface area (Å²) in [5.41, 5.74) is 0. The second kappa shape index (κ2) is 7.20. The lowest BCUT2D eigenvalue weighted by molar-refractivity contribution is 0.0620. The fraction of sp³-hybridized carbons (Fsp3) is 1.00. The molecule has 0 aromatic heterocycles. The van der Waals surface area contributed by atoms with Gasteiger partial charge in [-0.1, -0.05) is 6.92 Å². The Bertz CT molecular complexity index is 164. The van der Waals surface area contributed by atoms with Crippen molar-refractivity contribution in [3.63, 3.8) is 0 Å². The molecule has 1 aliphatic rings. The van der Waals surface area contributed by atoms with Crippen LogP contribution in [0.15, 0.2) is 0 Å². The zero-order valence-electron chi connectivity index (χ0n) is 10.5. The zero-order valence-corrected chi connectivity index (χ0v) is 10.5. The van der Waals surface area contributed by atoms with Crippen LogP contribution in [0.1, 0.15) is 33.6 Å². The van der Waals surface area contributed by atoms with Crippen LogP contribution >= 0.6 is 0 Å². The third-order valence-corrected chi connectivity index (χ3v) is 2.97. The van der Waals surface area contributed by atoms with Crippen molar-refractivity contribution >= 4 is 0 Å². The van der Waals surface area contributed by atoms with Crippen LogP contribution in [0.5, 0.6) is 0 Å². The van der Waals surface area contributed by atoms with Gasteiger partial charge in [-0.3, -0.25) is 4.90 Å². The predicted molar refractivity (Wildman–Crippen MR) is 64.2 cm³/mol. The molecule has 15 heavy (non-hydrogen) atoms. The third kappa shape index (κ3) is 4.96. The Balaban J connectivity index is 2.26. The van der Waals surface area contributed by atoms with Crippen LogP contribution in [0, 0.1) is 0 Å². The molecule has 90 valence electrons. The van der Waals surface area contributed by atoms with E-state index in [1.165, 1.54) is 19.4 Å². The first kappa shape index (κ1) is 12.9. The SMILES string of the molecule is CCCNCC(C)N1CCCOC(C)C1. The molecule has 2 unspecified atom stereocenters. The quantitative estimate of drug-likeness (QED) is 0.702. The molecule has 0 aromatic rings. The summed E-state index contributed by atoms with van der Waals surface area (Å²) in [6.07, 6.45) is 2.77. The van der Waals surface area contributed by atoms with E-state index in [1.807, 2.05) is 0 Å². The molecule has 0 aliphatic carbocycles. The van der Waals surface area contributed by atoms with Crippen LogP contribution in [0.3, 0.4) is 0 Å². The van der Waals surface area contributed by atoms with Crippen molar-refractivity contribution in [3.05, 3.63) is 0 Å². The monoisotopic (exact) mass is 214 g/mol. The Morgan fingerprint density at radius 1 is 1.53 bits per heavy atom. The van der Waals surface area contributed by atoms with Crippen molar-refractivity contribution < 1.29 is 4.74 Å². The Morgan fingerprint density at radius 3 is 3.07 bits per heavy atom. The van der Waals surface area contributed by atoms with Crippen molar-refractivity contribution in [3.8, 4) is 0 Å². The van der Waals surface area contributed by atoms with Gasteiger partial charge in [0.05, 0.1) is 6.10 Å². The van der Waals surface area contributed by atoms with Gasteiger partial charge in [-0.25, -0.2) is 0 Å². The van der Waals surface area contributed by atoms with E-state index < -0.39 is 0 Å². The van der Waals surface area contributed by atoms with Gasteiger partial charge >= 0.3 is 0 Å². The van der Waals surface area contributed by atoms with Crippen LogP contribution in [0.25, 0.3) is 0 Å². The minimum atomic E-state index is 0.390. The summed E-state index contributed by atoms with van der Waals surface area (Å²) >= 11 is 0. The van der Waals surface area contributed by atoms with E-state index in [9.17, 15) is 0 Å². The molecular weight excluding hydrogens is 188 g/mol. The molecule has 1 rings (SSSR count). The molecule has 2 atom stereocenters. The Morgan fingerprint density at radius 2 is 2.33 bits per heavy atom. The van der Waals surface area contributed by atoms with Gasteiger partial charge in [0.2, 0.25) is 0 Å². The van der Waals surface area contributed by atoms with Crippen molar-refractivity contribution in [1.29, 1.82) is 0 Å². The first-order valence-electron chi connectivity index (χ1n) is 6.30. The molecule has 0 amide bonds. The van der Waals surface area contributed by atoms with Crippen LogP contribution < -0.4 is 5.32 Å². The zero-order chi connectivity index (χ0) is 11.1. The van der Waals surface area contributed by atoms with Crippen molar-refractivity contribution in [1.82, 2.24) is 10.2 Å². The Hall–Kier alpha value is -0.120. The average Bonchev–Trinajstić information content (AvgIpc) is 2.43. The van der Waals surface area contributed by atoms with E-state index in [4.69, 9.17) is 4.74 Å². The van der Waals surface area contributed by atoms with Crippen LogP contribution in [0.4, 0.5) is 0 Å². The highest BCUT2D eigenvalue weighted by Crippen LogP contribution is 2.08. The largest absolute Gasteiger partial charge is 0.377 e. The predicted octanol–water partition coefficient (Wildman–Crippen LogP) is 1.49. The second-order valence-corrected chi connectivity index (χ2v) is 4.58. The topological polar surface area (TPSA) is 24.5 Å². The van der Waals surface area contributed by atoms with E-state index in [0.717, 1.165) is 26.2 Å². The van der Waals surface area contributed by atoms with E-state index in [2.05, 4.69) is 31.0 Å². The van der Waals surface area contributed by atoms with Crippen molar-refractivity contribution in [2.24, 2.45) is 0 Å². The molecule has 1 N–H and O–H groups in total. The highest BCUT2D eigenvalue weighted by atomic mass is 16.5. The molecular formula is C12H26N2O. The van der Waals surface area contributed by atoms with Crippen LogP contribution in [0.2, 0.25) is 0 Å². The number of ether oxygens (including phenoxy) is 1. The average molecular weight is 214 g/mol. The summed E-state index contributed by atoms with van der Waals surface area (Å²) in [7, 11) is 0. The smallest absolute Gasteiger partial charge is 0.0674 e. The van der Waals surface area contributed by atoms with E-state index in [-0.39, 0.29) is 0 Å². The fourth-order valence-corrected chi connectivity index (χ4v) is 2.04. The number of nitrogens with one attached hydrogen (secondary N) is 1. The molecule has 0 bridgehead atoms. The number of hydrogen-bond donors (Lipinski definition) is 1. The van der Waals surface area contributed by atoms with Gasteiger partial charge in [-0.15, -0.1) is 0 Å². The first-order chi connectivity index (χ1) is 7.24. The maximum Gasteiger partial charge on any atom is 0.0674 e. The summed E-state index contributed by atoms with van der Waals surface area (Å²) in [5, 5.41) is 3.48. The molecule has 1 saturated heterocycles. The van der Waals surface area contributed by atoms with Crippen LogP contribution in [-0.4, -0.2) is 49.8 Å². The highest BCUT2D eigenvalue weighted by molar-refractivity contribution is 4.74. The third-order valence-electron chi connectivity index (χ3n) is 2.97. The molecule has 0 aromatic carbocycles. The van der Waals surface area contributed by atoms with Gasteiger partial charge in [0.15, 0.2) is 0 Å². The number of hydrogen-bond acceptors (Lipinski definition) is 3. The fourth-order valence-electron chi connectivity index (χ4n) is 2.04. The Labute approximate surface area is 94.2 Å².